The molecule has 0 amide bonds. The van der Waals surface area contributed by atoms with Crippen LogP contribution in [0.3, 0.4) is 0 Å². The topological polar surface area (TPSA) is 79.3 Å². The highest BCUT2D eigenvalue weighted by molar-refractivity contribution is 7.92. The van der Waals surface area contributed by atoms with Crippen molar-refractivity contribution in [3.8, 4) is 5.69 Å². The molecule has 1 aliphatic heterocycles. The van der Waals surface area contributed by atoms with Crippen LogP contribution < -0.4 is 14.9 Å². The van der Waals surface area contributed by atoms with E-state index in [9.17, 15) is 8.42 Å². The van der Waals surface area contributed by atoms with Gasteiger partial charge in [0, 0.05) is 28.7 Å². The molecule has 3 heterocycles. The lowest BCUT2D eigenvalue weighted by molar-refractivity contribution is 0.565. The van der Waals surface area contributed by atoms with Crippen LogP contribution in [0.15, 0.2) is 91.1 Å². The van der Waals surface area contributed by atoms with Gasteiger partial charge in [0.2, 0.25) is 10.0 Å². The quantitative estimate of drug-likeness (QED) is 0.223. The Morgan fingerprint density at radius 2 is 1.68 bits per heavy atom. The number of nitrogens with one attached hydrogen (secondary N) is 2. The van der Waals surface area contributed by atoms with Gasteiger partial charge in [0.1, 0.15) is 0 Å². The van der Waals surface area contributed by atoms with Gasteiger partial charge in [-0.05, 0) is 92.0 Å². The van der Waals surface area contributed by atoms with Crippen molar-refractivity contribution in [2.45, 2.75) is 32.9 Å². The van der Waals surface area contributed by atoms with Crippen molar-refractivity contribution in [2.75, 3.05) is 15.9 Å². The fraction of sp³-hybridized carbons (Fsp3) is 0.188. The highest BCUT2D eigenvalue weighted by Crippen LogP contribution is 2.44. The second-order valence-corrected chi connectivity index (χ2v) is 12.7. The van der Waals surface area contributed by atoms with E-state index in [1.807, 2.05) is 37.3 Å². The molecule has 5 aromatic rings. The minimum Gasteiger partial charge on any atom is -0.351 e. The fourth-order valence-corrected chi connectivity index (χ4v) is 6.90. The number of hydrogen-bond donors (Lipinski definition) is 2. The van der Waals surface area contributed by atoms with E-state index < -0.39 is 10.0 Å². The number of rotatable bonds is 6. The van der Waals surface area contributed by atoms with Crippen molar-refractivity contribution >= 4 is 49.5 Å². The molecule has 1 aliphatic rings. The zero-order valence-electron chi connectivity index (χ0n) is 23.3. The molecule has 2 aromatic heterocycles. The summed E-state index contributed by atoms with van der Waals surface area (Å²) in [6.07, 6.45) is 2.95. The number of thiocarbonyl (C=S) groups is 1. The van der Waals surface area contributed by atoms with Gasteiger partial charge >= 0.3 is 0 Å². The molecule has 7 nitrogen and oxygen atoms in total. The maximum atomic E-state index is 11.9. The van der Waals surface area contributed by atoms with Gasteiger partial charge in [-0.15, -0.1) is 0 Å². The standard InChI is InChI=1S/C32H31N5O2S2/c1-20-18-24(15-16-27(20)35-41(4,38)39)37-31(30(34-32(37)40)28-13-7-8-17-33-28)26-19-21(2)36(22(26)3)29-14-9-11-23-10-5-6-12-25(23)29/h5-19,30-31,35H,1-4H3,(H,34,40)/t30-,31-/m0/s1. The number of sulfonamides is 1. The van der Waals surface area contributed by atoms with Gasteiger partial charge in [-0.25, -0.2) is 8.42 Å². The van der Waals surface area contributed by atoms with Gasteiger partial charge in [-0.2, -0.15) is 0 Å². The van der Waals surface area contributed by atoms with E-state index >= 15 is 0 Å². The van der Waals surface area contributed by atoms with Crippen LogP contribution in [0.1, 0.15) is 40.3 Å². The summed E-state index contributed by atoms with van der Waals surface area (Å²) in [7, 11) is -3.40. The van der Waals surface area contributed by atoms with Crippen molar-refractivity contribution in [1.82, 2.24) is 14.9 Å². The number of nitrogens with zero attached hydrogens (tertiary/aromatic N) is 3. The zero-order chi connectivity index (χ0) is 28.9. The first-order valence-electron chi connectivity index (χ1n) is 13.4. The lowest BCUT2D eigenvalue weighted by Gasteiger charge is -2.29. The SMILES string of the molecule is Cc1cc(N2C(=S)N[C@@H](c3ccccn3)[C@@H]2c2cc(C)n(-c3cccc4ccccc34)c2C)ccc1NS(C)(=O)=O. The van der Waals surface area contributed by atoms with E-state index in [0.717, 1.165) is 45.8 Å². The summed E-state index contributed by atoms with van der Waals surface area (Å²) in [6.45, 7) is 6.18. The van der Waals surface area contributed by atoms with Gasteiger partial charge in [-0.3, -0.25) is 9.71 Å². The smallest absolute Gasteiger partial charge is 0.229 e. The largest absolute Gasteiger partial charge is 0.351 e. The number of benzene rings is 3. The predicted octanol–water partition coefficient (Wildman–Crippen LogP) is 6.50. The normalized spacial score (nSPS) is 17.2. The van der Waals surface area contributed by atoms with Crippen LogP contribution in [-0.2, 0) is 10.0 Å². The first-order chi connectivity index (χ1) is 19.6. The molecule has 0 spiro atoms. The minimum atomic E-state index is -3.40. The fourth-order valence-electron chi connectivity index (χ4n) is 5.92. The highest BCUT2D eigenvalue weighted by Gasteiger charge is 2.42. The Morgan fingerprint density at radius 3 is 2.41 bits per heavy atom. The molecule has 41 heavy (non-hydrogen) atoms. The number of aryl methyl sites for hydroxylation is 2. The van der Waals surface area contributed by atoms with Gasteiger partial charge in [-0.1, -0.05) is 42.5 Å². The molecule has 1 saturated heterocycles. The maximum absolute atomic E-state index is 11.9. The lowest BCUT2D eigenvalue weighted by Crippen LogP contribution is -2.29. The van der Waals surface area contributed by atoms with Gasteiger partial charge in [0.05, 0.1) is 35.4 Å². The Morgan fingerprint density at radius 1 is 0.927 bits per heavy atom. The van der Waals surface area contributed by atoms with Crippen molar-refractivity contribution in [3.05, 3.63) is 119 Å². The summed E-state index contributed by atoms with van der Waals surface area (Å²) >= 11 is 5.95. The van der Waals surface area contributed by atoms with E-state index in [-0.39, 0.29) is 12.1 Å². The second-order valence-electron chi connectivity index (χ2n) is 10.5. The summed E-state index contributed by atoms with van der Waals surface area (Å²) in [5, 5.41) is 6.50. The van der Waals surface area contributed by atoms with E-state index in [0.29, 0.717) is 10.8 Å². The molecular weight excluding hydrogens is 551 g/mol. The molecule has 208 valence electrons. The molecule has 2 atom stereocenters. The number of pyridine rings is 1. The van der Waals surface area contributed by atoms with Gasteiger partial charge in [0.15, 0.2) is 5.11 Å². The summed E-state index contributed by atoms with van der Waals surface area (Å²) in [5.41, 5.74) is 7.61. The van der Waals surface area contributed by atoms with E-state index in [1.54, 1.807) is 12.3 Å². The lowest BCUT2D eigenvalue weighted by atomic mass is 9.96. The Hall–Kier alpha value is -4.21. The van der Waals surface area contributed by atoms with Crippen LogP contribution in [0.5, 0.6) is 0 Å². The van der Waals surface area contributed by atoms with Crippen LogP contribution in [0.2, 0.25) is 0 Å². The maximum Gasteiger partial charge on any atom is 0.229 e. The second kappa shape index (κ2) is 10.3. The summed E-state index contributed by atoms with van der Waals surface area (Å²) < 4.78 is 28.7. The van der Waals surface area contributed by atoms with E-state index in [1.165, 1.54) is 10.8 Å². The summed E-state index contributed by atoms with van der Waals surface area (Å²) in [4.78, 5) is 6.82. The van der Waals surface area contributed by atoms with Gasteiger partial charge in [0.25, 0.3) is 0 Å². The number of hydrogen-bond acceptors (Lipinski definition) is 4. The van der Waals surface area contributed by atoms with Crippen LogP contribution in [0.4, 0.5) is 11.4 Å². The van der Waals surface area contributed by atoms with Crippen molar-refractivity contribution in [3.63, 3.8) is 0 Å². The molecule has 9 heteroatoms. The van der Waals surface area contributed by atoms with Crippen LogP contribution in [0, 0.1) is 20.8 Å². The van der Waals surface area contributed by atoms with Gasteiger partial charge < -0.3 is 14.8 Å². The molecule has 2 N–H and O–H groups in total. The molecule has 6 rings (SSSR count). The minimum absolute atomic E-state index is 0.194. The molecule has 3 aromatic carbocycles. The third-order valence-corrected chi connectivity index (χ3v) is 8.58. The molecule has 0 aliphatic carbocycles. The van der Waals surface area contributed by atoms with Crippen LogP contribution >= 0.6 is 12.2 Å². The monoisotopic (exact) mass is 581 g/mol. The molecular formula is C32H31N5O2S2. The molecule has 0 saturated carbocycles. The van der Waals surface area contributed by atoms with Crippen LogP contribution in [0.25, 0.3) is 16.5 Å². The number of fused-ring (bicyclic) bond motifs is 1. The molecule has 1 fully saturated rings. The predicted molar refractivity (Wildman–Crippen MR) is 170 cm³/mol. The molecule has 0 bridgehead atoms. The zero-order valence-corrected chi connectivity index (χ0v) is 24.9. The molecule has 0 unspecified atom stereocenters. The first-order valence-corrected chi connectivity index (χ1v) is 15.7. The summed E-state index contributed by atoms with van der Waals surface area (Å²) in [5.74, 6) is 0. The van der Waals surface area contributed by atoms with E-state index in [2.05, 4.69) is 81.9 Å². The van der Waals surface area contributed by atoms with Crippen molar-refractivity contribution in [1.29, 1.82) is 0 Å². The van der Waals surface area contributed by atoms with E-state index in [4.69, 9.17) is 17.2 Å². The average molecular weight is 582 g/mol. The van der Waals surface area contributed by atoms with Crippen LogP contribution in [-0.4, -0.2) is 29.3 Å². The Bertz CT molecular complexity index is 1900. The highest BCUT2D eigenvalue weighted by atomic mass is 32.2. The molecule has 0 radical (unpaired) electrons. The van der Waals surface area contributed by atoms with Crippen molar-refractivity contribution < 1.29 is 8.42 Å². The Labute approximate surface area is 245 Å². The third kappa shape index (κ3) is 4.96. The van der Waals surface area contributed by atoms with Crippen molar-refractivity contribution in [2.24, 2.45) is 0 Å². The third-order valence-electron chi connectivity index (χ3n) is 7.68. The number of aromatic nitrogens is 2. The number of anilines is 2. The Balaban J connectivity index is 1.51. The Kier molecular flexibility index (Phi) is 6.79. The first kappa shape index (κ1) is 27.0. The summed E-state index contributed by atoms with van der Waals surface area (Å²) in [6, 6.07) is 28.3. The average Bonchev–Trinajstić information content (AvgIpc) is 3.44.